The van der Waals surface area contributed by atoms with Crippen LogP contribution in [0.25, 0.3) is 5.65 Å². The lowest BCUT2D eigenvalue weighted by Gasteiger charge is -2.20. The summed E-state index contributed by atoms with van der Waals surface area (Å²) < 4.78 is 15.8. The first-order valence-corrected chi connectivity index (χ1v) is 8.73. The summed E-state index contributed by atoms with van der Waals surface area (Å²) in [6.45, 7) is 0. The smallest absolute Gasteiger partial charge is 0.225 e. The predicted octanol–water partition coefficient (Wildman–Crippen LogP) is 3.92. The highest BCUT2D eigenvalue weighted by Crippen LogP contribution is 2.27. The lowest BCUT2D eigenvalue weighted by Crippen LogP contribution is -2.15. The van der Waals surface area contributed by atoms with Gasteiger partial charge >= 0.3 is 0 Å². The minimum absolute atomic E-state index is 0.0560. The van der Waals surface area contributed by atoms with Crippen LogP contribution >= 0.6 is 0 Å². The Kier molecular flexibility index (Phi) is 4.22. The fourth-order valence-corrected chi connectivity index (χ4v) is 3.61. The summed E-state index contributed by atoms with van der Waals surface area (Å²) >= 11 is 0. The molecule has 1 amide bonds. The van der Waals surface area contributed by atoms with E-state index in [-0.39, 0.29) is 11.7 Å². The van der Waals surface area contributed by atoms with Crippen LogP contribution in [-0.4, -0.2) is 15.3 Å². The molecule has 0 saturated carbocycles. The van der Waals surface area contributed by atoms with Crippen molar-refractivity contribution in [3.8, 4) is 0 Å². The van der Waals surface area contributed by atoms with E-state index in [9.17, 15) is 9.18 Å². The molecule has 0 bridgehead atoms. The molecule has 1 aliphatic rings. The van der Waals surface area contributed by atoms with E-state index in [0.29, 0.717) is 18.7 Å². The standard InChI is InChI=1S/C20H20FN3O/c21-17-10-8-14(15-5-1-2-6-16(15)17)9-11-20(25)23-19-13-22-18-7-3-4-12-24(18)19/h3-4,7-8,10,12-13H,1-2,5-6,9,11H2,(H,23,25). The Balaban J connectivity index is 1.46. The number of benzene rings is 1. The van der Waals surface area contributed by atoms with Gasteiger partial charge in [-0.05, 0) is 67.0 Å². The molecule has 0 saturated heterocycles. The van der Waals surface area contributed by atoms with E-state index in [1.165, 1.54) is 0 Å². The van der Waals surface area contributed by atoms with Crippen LogP contribution < -0.4 is 5.32 Å². The average Bonchev–Trinajstić information content (AvgIpc) is 3.04. The topological polar surface area (TPSA) is 46.4 Å². The first kappa shape index (κ1) is 15.8. The van der Waals surface area contributed by atoms with E-state index in [2.05, 4.69) is 10.3 Å². The molecule has 2 aromatic heterocycles. The molecule has 0 radical (unpaired) electrons. The van der Waals surface area contributed by atoms with Gasteiger partial charge in [-0.15, -0.1) is 0 Å². The molecule has 0 atom stereocenters. The number of nitrogens with one attached hydrogen (secondary N) is 1. The van der Waals surface area contributed by atoms with Gasteiger partial charge < -0.3 is 5.32 Å². The molecule has 2 heterocycles. The fourth-order valence-electron chi connectivity index (χ4n) is 3.61. The molecule has 5 heteroatoms. The minimum atomic E-state index is -0.103. The van der Waals surface area contributed by atoms with Gasteiger partial charge in [0.2, 0.25) is 5.91 Å². The average molecular weight is 337 g/mol. The third-order valence-electron chi connectivity index (χ3n) is 4.88. The third-order valence-corrected chi connectivity index (χ3v) is 4.88. The lowest BCUT2D eigenvalue weighted by molar-refractivity contribution is -0.116. The van der Waals surface area contributed by atoms with Crippen molar-refractivity contribution < 1.29 is 9.18 Å². The Hall–Kier alpha value is -2.69. The summed E-state index contributed by atoms with van der Waals surface area (Å²) in [4.78, 5) is 16.6. The molecule has 128 valence electrons. The van der Waals surface area contributed by atoms with E-state index in [4.69, 9.17) is 0 Å². The minimum Gasteiger partial charge on any atom is -0.310 e. The number of imidazole rings is 1. The van der Waals surface area contributed by atoms with Gasteiger partial charge in [0.25, 0.3) is 0 Å². The highest BCUT2D eigenvalue weighted by molar-refractivity contribution is 5.90. The van der Waals surface area contributed by atoms with Crippen molar-refractivity contribution >= 4 is 17.4 Å². The second-order valence-electron chi connectivity index (χ2n) is 6.49. The molecule has 0 spiro atoms. The highest BCUT2D eigenvalue weighted by Gasteiger charge is 2.17. The lowest BCUT2D eigenvalue weighted by atomic mass is 9.86. The van der Waals surface area contributed by atoms with Crippen molar-refractivity contribution in [3.05, 3.63) is 65.2 Å². The Morgan fingerprint density at radius 1 is 1.16 bits per heavy atom. The van der Waals surface area contributed by atoms with Crippen LogP contribution in [-0.2, 0) is 24.1 Å². The number of hydrogen-bond donors (Lipinski definition) is 1. The molecule has 0 aliphatic heterocycles. The second-order valence-corrected chi connectivity index (χ2v) is 6.49. The SMILES string of the molecule is O=C(CCc1ccc(F)c2c1CCCC2)Nc1cnc2ccccn12. The normalized spacial score (nSPS) is 13.6. The Morgan fingerprint density at radius 3 is 2.88 bits per heavy atom. The first-order valence-electron chi connectivity index (χ1n) is 8.73. The van der Waals surface area contributed by atoms with Gasteiger partial charge in [0.1, 0.15) is 17.3 Å². The molecule has 25 heavy (non-hydrogen) atoms. The molecular weight excluding hydrogens is 317 g/mol. The van der Waals surface area contributed by atoms with Crippen LogP contribution in [0.15, 0.2) is 42.7 Å². The molecule has 3 aromatic rings. The van der Waals surface area contributed by atoms with Crippen LogP contribution in [0.2, 0.25) is 0 Å². The van der Waals surface area contributed by atoms with Gasteiger partial charge in [0, 0.05) is 12.6 Å². The summed E-state index contributed by atoms with van der Waals surface area (Å²) in [6, 6.07) is 9.07. The summed E-state index contributed by atoms with van der Waals surface area (Å²) in [5, 5.41) is 2.91. The summed E-state index contributed by atoms with van der Waals surface area (Å²) in [5.74, 6) is 0.509. The molecule has 1 aromatic carbocycles. The summed E-state index contributed by atoms with van der Waals surface area (Å²) in [6.07, 6.45) is 8.39. The van der Waals surface area contributed by atoms with Gasteiger partial charge in [-0.3, -0.25) is 9.20 Å². The zero-order chi connectivity index (χ0) is 17.2. The number of aryl methyl sites for hydroxylation is 1. The first-order chi connectivity index (χ1) is 12.2. The third kappa shape index (κ3) is 3.14. The number of fused-ring (bicyclic) bond motifs is 2. The van der Waals surface area contributed by atoms with Gasteiger partial charge in [0.05, 0.1) is 6.20 Å². The molecule has 4 rings (SSSR count). The molecule has 1 N–H and O–H groups in total. The number of carbonyl (C=O) groups excluding carboxylic acids is 1. The van der Waals surface area contributed by atoms with Crippen LogP contribution in [0.1, 0.15) is 36.0 Å². The van der Waals surface area contributed by atoms with Crippen LogP contribution in [0, 0.1) is 5.82 Å². The molecule has 0 unspecified atom stereocenters. The number of anilines is 1. The maximum absolute atomic E-state index is 14.0. The summed E-state index contributed by atoms with van der Waals surface area (Å²) in [5.41, 5.74) is 3.87. The Bertz CT molecular complexity index is 932. The second kappa shape index (κ2) is 6.67. The number of nitrogens with zero attached hydrogens (tertiary/aromatic N) is 2. The monoisotopic (exact) mass is 337 g/mol. The summed E-state index contributed by atoms with van der Waals surface area (Å²) in [7, 11) is 0. The quantitative estimate of drug-likeness (QED) is 0.784. The van der Waals surface area contributed by atoms with Crippen LogP contribution in [0.4, 0.5) is 10.2 Å². The number of halogens is 1. The van der Waals surface area contributed by atoms with Crippen LogP contribution in [0.3, 0.4) is 0 Å². The maximum atomic E-state index is 14.0. The van der Waals surface area contributed by atoms with Gasteiger partial charge in [-0.2, -0.15) is 0 Å². The van der Waals surface area contributed by atoms with Crippen molar-refractivity contribution in [2.75, 3.05) is 5.32 Å². The fraction of sp³-hybridized carbons (Fsp3) is 0.300. The molecule has 4 nitrogen and oxygen atoms in total. The van der Waals surface area contributed by atoms with Crippen molar-refractivity contribution in [2.45, 2.75) is 38.5 Å². The largest absolute Gasteiger partial charge is 0.310 e. The number of aromatic nitrogens is 2. The number of pyridine rings is 1. The number of hydrogen-bond acceptors (Lipinski definition) is 2. The Labute approximate surface area is 145 Å². The van der Waals surface area contributed by atoms with Gasteiger partial charge in [-0.25, -0.2) is 9.37 Å². The predicted molar refractivity (Wildman–Crippen MR) is 95.2 cm³/mol. The van der Waals surface area contributed by atoms with E-state index in [0.717, 1.165) is 48.0 Å². The van der Waals surface area contributed by atoms with Crippen LogP contribution in [0.5, 0.6) is 0 Å². The number of amides is 1. The van der Waals surface area contributed by atoms with Crippen molar-refractivity contribution in [1.82, 2.24) is 9.38 Å². The van der Waals surface area contributed by atoms with E-state index < -0.39 is 0 Å². The molecule has 0 fully saturated rings. The van der Waals surface area contributed by atoms with Gasteiger partial charge in [-0.1, -0.05) is 12.1 Å². The van der Waals surface area contributed by atoms with E-state index >= 15 is 0 Å². The zero-order valence-corrected chi connectivity index (χ0v) is 14.0. The van der Waals surface area contributed by atoms with E-state index in [1.807, 2.05) is 34.9 Å². The van der Waals surface area contributed by atoms with Gasteiger partial charge in [0.15, 0.2) is 0 Å². The van der Waals surface area contributed by atoms with Crippen molar-refractivity contribution in [2.24, 2.45) is 0 Å². The zero-order valence-electron chi connectivity index (χ0n) is 14.0. The van der Waals surface area contributed by atoms with Crippen molar-refractivity contribution in [3.63, 3.8) is 0 Å². The molecule has 1 aliphatic carbocycles. The highest BCUT2D eigenvalue weighted by atomic mass is 19.1. The maximum Gasteiger partial charge on any atom is 0.225 e. The number of rotatable bonds is 4. The Morgan fingerprint density at radius 2 is 2.00 bits per heavy atom. The van der Waals surface area contributed by atoms with Crippen molar-refractivity contribution in [1.29, 1.82) is 0 Å². The van der Waals surface area contributed by atoms with E-state index in [1.54, 1.807) is 12.3 Å². The number of carbonyl (C=O) groups is 1. The molecular formula is C20H20FN3O.